The van der Waals surface area contributed by atoms with Gasteiger partial charge in [0.15, 0.2) is 0 Å². The van der Waals surface area contributed by atoms with Crippen molar-refractivity contribution in [2.45, 2.75) is 25.9 Å². The number of hydrogen-bond donors (Lipinski definition) is 1. The Morgan fingerprint density at radius 3 is 2.62 bits per heavy atom. The second-order valence-corrected chi connectivity index (χ2v) is 4.99. The Balaban J connectivity index is 2.75. The minimum atomic E-state index is -0.652. The van der Waals surface area contributed by atoms with Crippen LogP contribution in [0.3, 0.4) is 0 Å². The fourth-order valence-corrected chi connectivity index (χ4v) is 1.85. The van der Waals surface area contributed by atoms with Crippen molar-refractivity contribution >= 4 is 23.3 Å². The van der Waals surface area contributed by atoms with Crippen LogP contribution >= 0.6 is 11.6 Å². The molecule has 0 bridgehead atoms. The highest BCUT2D eigenvalue weighted by atomic mass is 35.5. The van der Waals surface area contributed by atoms with Crippen LogP contribution in [0.4, 0.5) is 5.69 Å². The maximum absolute atomic E-state index is 11.6. The van der Waals surface area contributed by atoms with E-state index in [1.165, 1.54) is 25.3 Å². The van der Waals surface area contributed by atoms with Gasteiger partial charge in [-0.15, -0.1) is 0 Å². The van der Waals surface area contributed by atoms with Crippen molar-refractivity contribution in [2.75, 3.05) is 13.7 Å². The third-order valence-corrected chi connectivity index (χ3v) is 2.85. The molecule has 0 aliphatic rings. The summed E-state index contributed by atoms with van der Waals surface area (Å²) in [6, 6.07) is 3.28. The number of nitro groups is 1. The number of carbonyl (C=O) groups is 1. The summed E-state index contributed by atoms with van der Waals surface area (Å²) < 4.78 is 10.1. The van der Waals surface area contributed by atoms with Crippen LogP contribution in [0.5, 0.6) is 5.75 Å². The summed E-state index contributed by atoms with van der Waals surface area (Å²) in [5.74, 6) is -0.191. The maximum atomic E-state index is 11.6. The first-order valence-corrected chi connectivity index (χ1v) is 6.63. The second-order valence-electron chi connectivity index (χ2n) is 4.58. The van der Waals surface area contributed by atoms with E-state index in [0.29, 0.717) is 0 Å². The number of carbonyl (C=O) groups excluding carboxylic acids is 1. The molecule has 0 heterocycles. The van der Waals surface area contributed by atoms with Crippen LogP contribution in [0.15, 0.2) is 18.2 Å². The molecule has 0 aliphatic carbocycles. The lowest BCUT2D eigenvalue weighted by Crippen LogP contribution is -2.45. The summed E-state index contributed by atoms with van der Waals surface area (Å²) in [6.07, 6.45) is 0. The third-order valence-electron chi connectivity index (χ3n) is 2.55. The molecule has 0 aromatic heterocycles. The lowest BCUT2D eigenvalue weighted by atomic mass is 10.2. The minimum Gasteiger partial charge on any atom is -0.490 e. The average Bonchev–Trinajstić information content (AvgIpc) is 2.42. The number of nitro benzene ring substituents is 1. The topological polar surface area (TPSA) is 90.7 Å². The Labute approximate surface area is 127 Å². The van der Waals surface area contributed by atoms with Crippen LogP contribution in [0.2, 0.25) is 5.02 Å². The summed E-state index contributed by atoms with van der Waals surface area (Å²) in [5, 5.41) is 13.7. The molecule has 1 N–H and O–H groups in total. The van der Waals surface area contributed by atoms with Crippen LogP contribution in [0, 0.1) is 10.1 Å². The quantitative estimate of drug-likeness (QED) is 0.471. The van der Waals surface area contributed by atoms with E-state index in [0.717, 1.165) is 0 Å². The molecule has 1 aromatic carbocycles. The molecule has 21 heavy (non-hydrogen) atoms. The molecular formula is C13H17ClN2O5. The van der Waals surface area contributed by atoms with Crippen molar-refractivity contribution in [2.24, 2.45) is 0 Å². The molecule has 1 atom stereocenters. The van der Waals surface area contributed by atoms with Gasteiger partial charge in [-0.2, -0.15) is 0 Å². The molecule has 7 nitrogen and oxygen atoms in total. The molecule has 0 fully saturated rings. The molecule has 1 aromatic rings. The fraction of sp³-hybridized carbons (Fsp3) is 0.462. The fourth-order valence-electron chi connectivity index (χ4n) is 1.62. The van der Waals surface area contributed by atoms with Gasteiger partial charge in [-0.05, 0) is 6.07 Å². The van der Waals surface area contributed by atoms with Crippen molar-refractivity contribution in [1.29, 1.82) is 0 Å². The SMILES string of the molecule is COC(=O)C(COc1ccc([N+](=O)[O-])cc1Cl)NC(C)C. The van der Waals surface area contributed by atoms with Crippen molar-refractivity contribution in [1.82, 2.24) is 5.32 Å². The summed E-state index contributed by atoms with van der Waals surface area (Å²) in [6.45, 7) is 3.77. The lowest BCUT2D eigenvalue weighted by Gasteiger charge is -2.19. The first kappa shape index (κ1) is 17.2. The van der Waals surface area contributed by atoms with Gasteiger partial charge in [0.05, 0.1) is 17.1 Å². The van der Waals surface area contributed by atoms with Gasteiger partial charge >= 0.3 is 5.97 Å². The molecule has 0 spiro atoms. The highest BCUT2D eigenvalue weighted by Gasteiger charge is 2.21. The van der Waals surface area contributed by atoms with Gasteiger partial charge in [0, 0.05) is 18.2 Å². The van der Waals surface area contributed by atoms with Crippen LogP contribution in [0.1, 0.15) is 13.8 Å². The zero-order valence-electron chi connectivity index (χ0n) is 12.0. The summed E-state index contributed by atoms with van der Waals surface area (Å²) in [4.78, 5) is 21.7. The molecule has 0 radical (unpaired) electrons. The standard InChI is InChI=1S/C13H17ClN2O5/c1-8(2)15-11(13(17)20-3)7-21-12-5-4-9(16(18)19)6-10(12)14/h4-6,8,11,15H,7H2,1-3H3. The summed E-state index contributed by atoms with van der Waals surface area (Å²) in [7, 11) is 1.29. The Morgan fingerprint density at radius 2 is 2.14 bits per heavy atom. The van der Waals surface area contributed by atoms with E-state index in [1.807, 2.05) is 13.8 Å². The number of ether oxygens (including phenoxy) is 2. The smallest absolute Gasteiger partial charge is 0.326 e. The number of esters is 1. The molecule has 1 unspecified atom stereocenters. The normalized spacial score (nSPS) is 12.0. The van der Waals surface area contributed by atoms with Gasteiger partial charge in [-0.1, -0.05) is 25.4 Å². The van der Waals surface area contributed by atoms with E-state index in [4.69, 9.17) is 16.3 Å². The van der Waals surface area contributed by atoms with Crippen LogP contribution in [-0.4, -0.2) is 36.7 Å². The number of nitrogens with zero attached hydrogens (tertiary/aromatic N) is 1. The number of halogens is 1. The predicted octanol–water partition coefficient (Wildman–Crippen LogP) is 2.17. The first-order chi connectivity index (χ1) is 9.85. The maximum Gasteiger partial charge on any atom is 0.326 e. The average molecular weight is 317 g/mol. The summed E-state index contributed by atoms with van der Waals surface area (Å²) in [5.41, 5.74) is -0.128. The molecule has 0 saturated carbocycles. The molecule has 1 rings (SSSR count). The number of nitrogens with one attached hydrogen (secondary N) is 1. The van der Waals surface area contributed by atoms with E-state index in [2.05, 4.69) is 10.1 Å². The van der Waals surface area contributed by atoms with Crippen molar-refractivity contribution < 1.29 is 19.2 Å². The second kappa shape index (κ2) is 7.80. The van der Waals surface area contributed by atoms with Gasteiger partial charge in [-0.3, -0.25) is 20.2 Å². The minimum absolute atomic E-state index is 0.00237. The van der Waals surface area contributed by atoms with Gasteiger partial charge < -0.3 is 9.47 Å². The zero-order valence-corrected chi connectivity index (χ0v) is 12.7. The van der Waals surface area contributed by atoms with Gasteiger partial charge in [0.2, 0.25) is 0 Å². The highest BCUT2D eigenvalue weighted by Crippen LogP contribution is 2.28. The lowest BCUT2D eigenvalue weighted by molar-refractivity contribution is -0.384. The van der Waals surface area contributed by atoms with Gasteiger partial charge in [-0.25, -0.2) is 0 Å². The van der Waals surface area contributed by atoms with Crippen molar-refractivity contribution in [3.8, 4) is 5.75 Å². The monoisotopic (exact) mass is 316 g/mol. The summed E-state index contributed by atoms with van der Waals surface area (Å²) >= 11 is 5.91. The van der Waals surface area contributed by atoms with E-state index in [9.17, 15) is 14.9 Å². The van der Waals surface area contributed by atoms with Crippen molar-refractivity contribution in [3.63, 3.8) is 0 Å². The number of non-ortho nitro benzene ring substituents is 1. The molecule has 0 aliphatic heterocycles. The van der Waals surface area contributed by atoms with E-state index < -0.39 is 16.9 Å². The largest absolute Gasteiger partial charge is 0.490 e. The predicted molar refractivity (Wildman–Crippen MR) is 77.7 cm³/mol. The van der Waals surface area contributed by atoms with Crippen LogP contribution in [-0.2, 0) is 9.53 Å². The van der Waals surface area contributed by atoms with E-state index in [-0.39, 0.29) is 29.1 Å². The Kier molecular flexibility index (Phi) is 6.39. The molecule has 8 heteroatoms. The number of hydrogen-bond acceptors (Lipinski definition) is 6. The van der Waals surface area contributed by atoms with E-state index in [1.54, 1.807) is 0 Å². The third kappa shape index (κ3) is 5.20. The van der Waals surface area contributed by atoms with Crippen molar-refractivity contribution in [3.05, 3.63) is 33.3 Å². The Bertz CT molecular complexity index is 521. The number of methoxy groups -OCH3 is 1. The Hall–Kier alpha value is -1.86. The van der Waals surface area contributed by atoms with Crippen LogP contribution in [0.25, 0.3) is 0 Å². The Morgan fingerprint density at radius 1 is 1.48 bits per heavy atom. The van der Waals surface area contributed by atoms with Crippen LogP contribution < -0.4 is 10.1 Å². The zero-order chi connectivity index (χ0) is 16.0. The number of benzene rings is 1. The number of rotatable bonds is 7. The first-order valence-electron chi connectivity index (χ1n) is 6.25. The molecule has 0 saturated heterocycles. The van der Waals surface area contributed by atoms with E-state index >= 15 is 0 Å². The highest BCUT2D eigenvalue weighted by molar-refractivity contribution is 6.32. The molecule has 116 valence electrons. The van der Waals surface area contributed by atoms with Gasteiger partial charge in [0.1, 0.15) is 18.4 Å². The van der Waals surface area contributed by atoms with Gasteiger partial charge in [0.25, 0.3) is 5.69 Å². The molecular weight excluding hydrogens is 300 g/mol. The molecule has 0 amide bonds.